The smallest absolute Gasteiger partial charge is 0.247 e. The van der Waals surface area contributed by atoms with Crippen molar-refractivity contribution in [2.45, 2.75) is 51.0 Å². The van der Waals surface area contributed by atoms with E-state index in [0.29, 0.717) is 30.0 Å². The van der Waals surface area contributed by atoms with Gasteiger partial charge in [-0.2, -0.15) is 0 Å². The molecule has 7 rings (SSSR count). The number of aryl methyl sites for hydroxylation is 1. The van der Waals surface area contributed by atoms with Crippen molar-refractivity contribution in [2.24, 2.45) is 0 Å². The summed E-state index contributed by atoms with van der Waals surface area (Å²) in [5.74, 6) is 0.464. The highest BCUT2D eigenvalue weighted by Crippen LogP contribution is 2.36. The first-order valence-electron chi connectivity index (χ1n) is 16.5. The minimum atomic E-state index is -1.10. The van der Waals surface area contributed by atoms with E-state index in [1.54, 1.807) is 53.4 Å². The average Bonchev–Trinajstić information content (AvgIpc) is 3.13. The summed E-state index contributed by atoms with van der Waals surface area (Å²) in [6, 6.07) is 36.1. The van der Waals surface area contributed by atoms with Crippen LogP contribution in [0.3, 0.4) is 0 Å². The fraction of sp³-hybridized carbons (Fsp3) is 0.195. The number of ether oxygens (including phenoxy) is 1. The molecule has 3 atom stereocenters. The fourth-order valence-electron chi connectivity index (χ4n) is 6.73. The molecule has 49 heavy (non-hydrogen) atoms. The number of nitrogens with one attached hydrogen (secondary N) is 1. The van der Waals surface area contributed by atoms with Crippen LogP contribution in [0.1, 0.15) is 39.4 Å². The molecule has 0 aliphatic carbocycles. The van der Waals surface area contributed by atoms with Crippen molar-refractivity contribution < 1.29 is 24.2 Å². The maximum Gasteiger partial charge on any atom is 0.247 e. The minimum absolute atomic E-state index is 0.102. The first-order valence-corrected chi connectivity index (χ1v) is 16.5. The molecule has 8 nitrogen and oxygen atoms in total. The van der Waals surface area contributed by atoms with Crippen LogP contribution in [0, 0.1) is 6.92 Å². The van der Waals surface area contributed by atoms with Crippen LogP contribution in [0.25, 0.3) is 0 Å². The number of fused-ring (bicyclic) bond motifs is 2. The molecule has 246 valence electrons. The second-order valence-electron chi connectivity index (χ2n) is 12.7. The third kappa shape index (κ3) is 6.76. The molecule has 2 aliphatic heterocycles. The van der Waals surface area contributed by atoms with E-state index in [0.717, 1.165) is 27.8 Å². The minimum Gasteiger partial charge on any atom is -0.508 e. The third-order valence-corrected chi connectivity index (χ3v) is 9.35. The van der Waals surface area contributed by atoms with E-state index in [1.807, 2.05) is 85.8 Å². The summed E-state index contributed by atoms with van der Waals surface area (Å²) in [6.45, 7) is 2.58. The Bertz CT molecular complexity index is 1960. The Morgan fingerprint density at radius 2 is 1.41 bits per heavy atom. The van der Waals surface area contributed by atoms with Gasteiger partial charge in [0.2, 0.25) is 17.7 Å². The van der Waals surface area contributed by atoms with Gasteiger partial charge in [-0.1, -0.05) is 96.6 Å². The monoisotopic (exact) mass is 651 g/mol. The zero-order valence-electron chi connectivity index (χ0n) is 27.2. The van der Waals surface area contributed by atoms with Gasteiger partial charge in [0.15, 0.2) is 0 Å². The molecule has 2 heterocycles. The second kappa shape index (κ2) is 13.7. The highest BCUT2D eigenvalue weighted by Gasteiger charge is 2.51. The molecule has 0 aromatic heterocycles. The predicted molar refractivity (Wildman–Crippen MR) is 186 cm³/mol. The summed E-state index contributed by atoms with van der Waals surface area (Å²) < 4.78 is 6.02. The zero-order chi connectivity index (χ0) is 33.9. The number of piperazine rings is 1. The lowest BCUT2D eigenvalue weighted by atomic mass is 9.87. The summed E-state index contributed by atoms with van der Waals surface area (Å²) in [4.78, 5) is 46.9. The van der Waals surface area contributed by atoms with Crippen LogP contribution >= 0.6 is 0 Å². The topological polar surface area (TPSA) is 99.2 Å². The van der Waals surface area contributed by atoms with Crippen molar-refractivity contribution in [1.82, 2.24) is 15.1 Å². The molecule has 2 aliphatic rings. The van der Waals surface area contributed by atoms with Crippen molar-refractivity contribution in [3.05, 3.63) is 161 Å². The van der Waals surface area contributed by atoms with Gasteiger partial charge in [-0.05, 0) is 71.1 Å². The van der Waals surface area contributed by atoms with E-state index in [9.17, 15) is 19.5 Å². The molecular formula is C41H37N3O5. The van der Waals surface area contributed by atoms with Crippen LogP contribution in [-0.2, 0) is 40.3 Å². The molecule has 1 fully saturated rings. The highest BCUT2D eigenvalue weighted by molar-refractivity contribution is 6.00. The number of phenols is 1. The van der Waals surface area contributed by atoms with Crippen LogP contribution in [0.15, 0.2) is 127 Å². The predicted octanol–water partition coefficient (Wildman–Crippen LogP) is 6.26. The molecule has 0 radical (unpaired) electrons. The van der Waals surface area contributed by atoms with Crippen molar-refractivity contribution in [1.29, 1.82) is 0 Å². The van der Waals surface area contributed by atoms with Crippen LogP contribution in [0.2, 0.25) is 0 Å². The summed E-state index contributed by atoms with van der Waals surface area (Å²) in [7, 11) is 0. The number of hydrogen-bond acceptors (Lipinski definition) is 5. The van der Waals surface area contributed by atoms with Gasteiger partial charge in [-0.3, -0.25) is 14.4 Å². The SMILES string of the molecule is Cc1ccc(CNC(=O)C(c2ccc(Oc3ccccc3)cc2)N2C(=O)[C@@H]3Cc4ccccc4CN3C(=O)[C@@H]2Cc2ccc(O)cc2)cc1. The van der Waals surface area contributed by atoms with Gasteiger partial charge in [-0.15, -0.1) is 0 Å². The fourth-order valence-corrected chi connectivity index (χ4v) is 6.73. The Balaban J connectivity index is 1.28. The van der Waals surface area contributed by atoms with Crippen LogP contribution in [0.5, 0.6) is 17.2 Å². The highest BCUT2D eigenvalue weighted by atomic mass is 16.5. The molecule has 5 aromatic rings. The Morgan fingerprint density at radius 3 is 2.12 bits per heavy atom. The van der Waals surface area contributed by atoms with Crippen molar-refractivity contribution in [3.63, 3.8) is 0 Å². The maximum absolute atomic E-state index is 14.8. The number of carbonyl (C=O) groups is 3. The van der Waals surface area contributed by atoms with Crippen molar-refractivity contribution >= 4 is 17.7 Å². The van der Waals surface area contributed by atoms with Gasteiger partial charge >= 0.3 is 0 Å². The Kier molecular flexibility index (Phi) is 8.85. The van der Waals surface area contributed by atoms with Gasteiger partial charge in [0.05, 0.1) is 0 Å². The van der Waals surface area contributed by atoms with E-state index in [4.69, 9.17) is 4.74 Å². The molecule has 0 bridgehead atoms. The molecule has 2 N–H and O–H groups in total. The molecule has 1 unspecified atom stereocenters. The lowest BCUT2D eigenvalue weighted by Crippen LogP contribution is -2.68. The van der Waals surface area contributed by atoms with Crippen LogP contribution in [-0.4, -0.2) is 44.7 Å². The van der Waals surface area contributed by atoms with Gasteiger partial charge in [-0.25, -0.2) is 0 Å². The number of aromatic hydroxyl groups is 1. The molecular weight excluding hydrogens is 614 g/mol. The molecule has 1 saturated heterocycles. The lowest BCUT2D eigenvalue weighted by molar-refractivity contribution is -0.168. The zero-order valence-corrected chi connectivity index (χ0v) is 27.2. The molecule has 0 spiro atoms. The van der Waals surface area contributed by atoms with E-state index in [-0.39, 0.29) is 36.4 Å². The average molecular weight is 652 g/mol. The standard InChI is InChI=1S/C41H37N3O5/c1-27-11-13-29(14-12-27)25-42-39(46)38(30-17-21-35(22-18-30)49-34-9-3-2-4-10-34)44-37(23-28-15-19-33(45)20-16-28)40(47)43-26-32-8-6-5-7-31(32)24-36(43)41(44)48/h2-22,36-38,45H,23-26H2,1H3,(H,42,46)/t36-,37-,38?/m0/s1. The summed E-state index contributed by atoms with van der Waals surface area (Å²) in [5, 5.41) is 13.0. The number of para-hydroxylation sites is 1. The third-order valence-electron chi connectivity index (χ3n) is 9.35. The number of hydrogen-bond donors (Lipinski definition) is 2. The van der Waals surface area contributed by atoms with Crippen molar-refractivity contribution in [3.8, 4) is 17.2 Å². The van der Waals surface area contributed by atoms with Gasteiger partial charge in [0.1, 0.15) is 35.4 Å². The number of phenolic OH excluding ortho intramolecular Hbond substituents is 1. The van der Waals surface area contributed by atoms with Gasteiger partial charge in [0, 0.05) is 25.9 Å². The summed E-state index contributed by atoms with van der Waals surface area (Å²) >= 11 is 0. The number of benzene rings is 5. The van der Waals surface area contributed by atoms with Gasteiger partial charge < -0.3 is 25.0 Å². The number of rotatable bonds is 9. The normalized spacial score (nSPS) is 17.6. The Labute approximate surface area is 285 Å². The first-order chi connectivity index (χ1) is 23.8. The van der Waals surface area contributed by atoms with E-state index in [1.165, 1.54) is 4.90 Å². The van der Waals surface area contributed by atoms with E-state index in [2.05, 4.69) is 5.32 Å². The Hall–Kier alpha value is -5.89. The molecule has 0 saturated carbocycles. The Morgan fingerprint density at radius 1 is 0.776 bits per heavy atom. The van der Waals surface area contributed by atoms with Crippen molar-refractivity contribution in [2.75, 3.05) is 0 Å². The second-order valence-corrected chi connectivity index (χ2v) is 12.7. The number of amides is 3. The summed E-state index contributed by atoms with van der Waals surface area (Å²) in [5.41, 5.74) is 5.38. The maximum atomic E-state index is 14.8. The largest absolute Gasteiger partial charge is 0.508 e. The van der Waals surface area contributed by atoms with E-state index < -0.39 is 18.1 Å². The lowest BCUT2D eigenvalue weighted by Gasteiger charge is -2.49. The summed E-state index contributed by atoms with van der Waals surface area (Å²) in [6.07, 6.45) is 0.539. The molecule has 8 heteroatoms. The van der Waals surface area contributed by atoms with Gasteiger partial charge in [0.25, 0.3) is 0 Å². The van der Waals surface area contributed by atoms with Crippen LogP contribution < -0.4 is 10.1 Å². The number of nitrogens with zero attached hydrogens (tertiary/aromatic N) is 2. The molecule has 5 aromatic carbocycles. The van der Waals surface area contributed by atoms with E-state index >= 15 is 0 Å². The van der Waals surface area contributed by atoms with Crippen LogP contribution in [0.4, 0.5) is 0 Å². The molecule has 3 amide bonds. The quantitative estimate of drug-likeness (QED) is 0.196. The first kappa shape index (κ1) is 31.7. The number of carbonyl (C=O) groups excluding carboxylic acids is 3.